The van der Waals surface area contributed by atoms with Gasteiger partial charge in [-0.3, -0.25) is 0 Å². The van der Waals surface area contributed by atoms with Gasteiger partial charge in [0.25, 0.3) is 0 Å². The summed E-state index contributed by atoms with van der Waals surface area (Å²) in [4.78, 5) is 0. The van der Waals surface area contributed by atoms with E-state index in [0.29, 0.717) is 23.9 Å². The van der Waals surface area contributed by atoms with Crippen molar-refractivity contribution in [3.8, 4) is 5.75 Å². The van der Waals surface area contributed by atoms with Gasteiger partial charge in [-0.15, -0.1) is 0 Å². The monoisotopic (exact) mass is 213 g/mol. The fraction of sp³-hybridized carbons (Fsp3) is 0.400. The van der Waals surface area contributed by atoms with Gasteiger partial charge in [-0.05, 0) is 23.3 Å². The van der Waals surface area contributed by atoms with Crippen molar-refractivity contribution in [1.29, 1.82) is 0 Å². The first-order valence-electron chi connectivity index (χ1n) is 4.44. The van der Waals surface area contributed by atoms with Crippen LogP contribution in [-0.2, 0) is 11.3 Å². The molecule has 1 atom stereocenters. The predicted molar refractivity (Wildman–Crippen MR) is 54.6 cm³/mol. The standard InChI is InChI=1S/C10H12ClNO2/c1-13-9-2-6-5-14-10(4-12)7(6)3-8(9)11/h2-3,10H,4-5,12H2,1H3. The second-order valence-corrected chi connectivity index (χ2v) is 3.63. The third-order valence-corrected chi connectivity index (χ3v) is 2.71. The van der Waals surface area contributed by atoms with E-state index in [0.717, 1.165) is 11.1 Å². The Balaban J connectivity index is 2.44. The lowest BCUT2D eigenvalue weighted by Gasteiger charge is -2.09. The molecule has 14 heavy (non-hydrogen) atoms. The number of hydrogen-bond acceptors (Lipinski definition) is 3. The molecule has 0 saturated carbocycles. The summed E-state index contributed by atoms with van der Waals surface area (Å²) in [6.45, 7) is 1.07. The van der Waals surface area contributed by atoms with Crippen LogP contribution in [0.5, 0.6) is 5.75 Å². The molecule has 76 valence electrons. The molecule has 1 heterocycles. The van der Waals surface area contributed by atoms with Crippen molar-refractivity contribution in [1.82, 2.24) is 0 Å². The van der Waals surface area contributed by atoms with Gasteiger partial charge in [-0.25, -0.2) is 0 Å². The minimum atomic E-state index is -0.0200. The van der Waals surface area contributed by atoms with Gasteiger partial charge in [0.15, 0.2) is 0 Å². The molecule has 0 bridgehead atoms. The van der Waals surface area contributed by atoms with Gasteiger partial charge in [0.05, 0.1) is 24.8 Å². The zero-order valence-electron chi connectivity index (χ0n) is 7.92. The maximum Gasteiger partial charge on any atom is 0.137 e. The van der Waals surface area contributed by atoms with E-state index in [-0.39, 0.29) is 6.10 Å². The predicted octanol–water partition coefficient (Wildman–Crippen LogP) is 1.88. The fourth-order valence-corrected chi connectivity index (χ4v) is 1.92. The number of halogens is 1. The van der Waals surface area contributed by atoms with Crippen LogP contribution in [-0.4, -0.2) is 13.7 Å². The Morgan fingerprint density at radius 2 is 2.43 bits per heavy atom. The van der Waals surface area contributed by atoms with Gasteiger partial charge in [-0.1, -0.05) is 11.6 Å². The first kappa shape index (κ1) is 9.77. The number of ether oxygens (including phenoxy) is 2. The summed E-state index contributed by atoms with van der Waals surface area (Å²) in [5, 5.41) is 0.607. The zero-order chi connectivity index (χ0) is 10.1. The summed E-state index contributed by atoms with van der Waals surface area (Å²) in [7, 11) is 1.60. The summed E-state index contributed by atoms with van der Waals surface area (Å²) in [6, 6.07) is 3.79. The molecule has 2 rings (SSSR count). The van der Waals surface area contributed by atoms with Crippen molar-refractivity contribution in [3.63, 3.8) is 0 Å². The van der Waals surface area contributed by atoms with E-state index in [4.69, 9.17) is 26.8 Å². The lowest BCUT2D eigenvalue weighted by Crippen LogP contribution is -2.10. The normalized spacial score (nSPS) is 19.5. The first-order chi connectivity index (χ1) is 6.76. The molecule has 3 nitrogen and oxygen atoms in total. The topological polar surface area (TPSA) is 44.5 Å². The molecule has 4 heteroatoms. The lowest BCUT2D eigenvalue weighted by atomic mass is 10.1. The minimum Gasteiger partial charge on any atom is -0.495 e. The van der Waals surface area contributed by atoms with Gasteiger partial charge in [0.2, 0.25) is 0 Å². The molecule has 0 spiro atoms. The number of fused-ring (bicyclic) bond motifs is 1. The van der Waals surface area contributed by atoms with Crippen molar-refractivity contribution >= 4 is 11.6 Å². The third-order valence-electron chi connectivity index (χ3n) is 2.41. The Hall–Kier alpha value is -0.770. The molecule has 1 aromatic carbocycles. The Bertz CT molecular complexity index is 354. The van der Waals surface area contributed by atoms with Gasteiger partial charge >= 0.3 is 0 Å². The van der Waals surface area contributed by atoms with E-state index >= 15 is 0 Å². The maximum atomic E-state index is 6.01. The largest absolute Gasteiger partial charge is 0.495 e. The Labute approximate surface area is 87.8 Å². The third kappa shape index (κ3) is 1.47. The summed E-state index contributed by atoms with van der Waals surface area (Å²) >= 11 is 6.01. The number of rotatable bonds is 2. The van der Waals surface area contributed by atoms with Crippen LogP contribution in [0.4, 0.5) is 0 Å². The van der Waals surface area contributed by atoms with E-state index in [1.54, 1.807) is 7.11 Å². The van der Waals surface area contributed by atoms with Crippen molar-refractivity contribution in [2.75, 3.05) is 13.7 Å². The molecule has 0 amide bonds. The highest BCUT2D eigenvalue weighted by atomic mass is 35.5. The van der Waals surface area contributed by atoms with Gasteiger partial charge < -0.3 is 15.2 Å². The number of hydrogen-bond donors (Lipinski definition) is 1. The van der Waals surface area contributed by atoms with Crippen molar-refractivity contribution < 1.29 is 9.47 Å². The summed E-state index contributed by atoms with van der Waals surface area (Å²) < 4.78 is 10.6. The van der Waals surface area contributed by atoms with Crippen molar-refractivity contribution in [3.05, 3.63) is 28.3 Å². The van der Waals surface area contributed by atoms with Gasteiger partial charge in [-0.2, -0.15) is 0 Å². The average molecular weight is 214 g/mol. The molecule has 1 aliphatic rings. The zero-order valence-corrected chi connectivity index (χ0v) is 8.67. The van der Waals surface area contributed by atoms with E-state index in [2.05, 4.69) is 0 Å². The van der Waals surface area contributed by atoms with E-state index < -0.39 is 0 Å². The highest BCUT2D eigenvalue weighted by Crippen LogP contribution is 2.36. The van der Waals surface area contributed by atoms with E-state index in [1.807, 2.05) is 12.1 Å². The van der Waals surface area contributed by atoms with Crippen LogP contribution >= 0.6 is 11.6 Å². The molecule has 2 N–H and O–H groups in total. The molecule has 0 aromatic heterocycles. The van der Waals surface area contributed by atoms with Gasteiger partial charge in [0.1, 0.15) is 5.75 Å². The smallest absolute Gasteiger partial charge is 0.137 e. The fourth-order valence-electron chi connectivity index (χ4n) is 1.67. The molecule has 1 unspecified atom stereocenters. The van der Waals surface area contributed by atoms with E-state index in [1.165, 1.54) is 0 Å². The van der Waals surface area contributed by atoms with E-state index in [9.17, 15) is 0 Å². The quantitative estimate of drug-likeness (QED) is 0.816. The average Bonchev–Trinajstić information content (AvgIpc) is 2.58. The number of benzene rings is 1. The van der Waals surface area contributed by atoms with Crippen LogP contribution in [0.3, 0.4) is 0 Å². The number of methoxy groups -OCH3 is 1. The molecular formula is C10H12ClNO2. The second kappa shape index (κ2) is 3.77. The molecule has 0 fully saturated rings. The van der Waals surface area contributed by atoms with Crippen LogP contribution in [0, 0.1) is 0 Å². The summed E-state index contributed by atoms with van der Waals surface area (Å²) in [5.74, 6) is 0.687. The molecule has 0 saturated heterocycles. The molecular weight excluding hydrogens is 202 g/mol. The van der Waals surface area contributed by atoms with Crippen LogP contribution in [0.1, 0.15) is 17.2 Å². The van der Waals surface area contributed by atoms with Crippen molar-refractivity contribution in [2.45, 2.75) is 12.7 Å². The Morgan fingerprint density at radius 1 is 1.64 bits per heavy atom. The molecule has 0 radical (unpaired) electrons. The van der Waals surface area contributed by atoms with Crippen LogP contribution in [0.25, 0.3) is 0 Å². The highest BCUT2D eigenvalue weighted by Gasteiger charge is 2.23. The molecule has 1 aliphatic heterocycles. The maximum absolute atomic E-state index is 6.01. The highest BCUT2D eigenvalue weighted by molar-refractivity contribution is 6.32. The van der Waals surface area contributed by atoms with Crippen LogP contribution < -0.4 is 10.5 Å². The van der Waals surface area contributed by atoms with Crippen molar-refractivity contribution in [2.24, 2.45) is 5.73 Å². The number of nitrogens with two attached hydrogens (primary N) is 1. The molecule has 1 aromatic rings. The lowest BCUT2D eigenvalue weighted by molar-refractivity contribution is 0.0723. The Morgan fingerprint density at radius 3 is 3.07 bits per heavy atom. The summed E-state index contributed by atoms with van der Waals surface area (Å²) in [6.07, 6.45) is -0.0200. The first-order valence-corrected chi connectivity index (χ1v) is 4.82. The summed E-state index contributed by atoms with van der Waals surface area (Å²) in [5.41, 5.74) is 7.76. The SMILES string of the molecule is COc1cc2c(cc1Cl)C(CN)OC2. The van der Waals surface area contributed by atoms with Crippen LogP contribution in [0.15, 0.2) is 12.1 Å². The molecule has 0 aliphatic carbocycles. The minimum absolute atomic E-state index is 0.0200. The van der Waals surface area contributed by atoms with Crippen LogP contribution in [0.2, 0.25) is 5.02 Å². The van der Waals surface area contributed by atoms with Gasteiger partial charge in [0, 0.05) is 6.54 Å². The second-order valence-electron chi connectivity index (χ2n) is 3.22. The Kier molecular flexibility index (Phi) is 2.63.